The third-order valence-corrected chi connectivity index (χ3v) is 5.13. The molecule has 0 saturated heterocycles. The summed E-state index contributed by atoms with van der Waals surface area (Å²) < 4.78 is 0. The Balaban J connectivity index is 1.69. The normalized spacial score (nSPS) is 11.1. The topological polar surface area (TPSA) is 89.4 Å². The average Bonchev–Trinajstić information content (AvgIpc) is 3.21. The van der Waals surface area contributed by atoms with Gasteiger partial charge in [-0.1, -0.05) is 11.3 Å². The van der Waals surface area contributed by atoms with Crippen molar-refractivity contribution in [2.45, 2.75) is 20.4 Å². The molecule has 4 rings (SSSR count). The van der Waals surface area contributed by atoms with Gasteiger partial charge in [-0.3, -0.25) is 0 Å². The van der Waals surface area contributed by atoms with E-state index >= 15 is 0 Å². The number of nitrogens with zero attached hydrogens (tertiary/aromatic N) is 6. The number of aryl methyl sites for hydroxylation is 2. The van der Waals surface area contributed by atoms with Crippen molar-refractivity contribution in [3.63, 3.8) is 0 Å². The molecule has 4 heterocycles. The van der Waals surface area contributed by atoms with Crippen LogP contribution in [0.25, 0.3) is 21.6 Å². The van der Waals surface area contributed by atoms with Gasteiger partial charge in [0, 0.05) is 22.8 Å². The SMILES string of the molecule is Cc1cnc(-c2cnc3ncnc(NCc4nnc(C)s4)c3c2)s1. The fourth-order valence-electron chi connectivity index (χ4n) is 2.26. The lowest BCUT2D eigenvalue weighted by molar-refractivity contribution is 0.966. The minimum absolute atomic E-state index is 0.568. The molecular weight excluding hydrogens is 342 g/mol. The van der Waals surface area contributed by atoms with Crippen LogP contribution in [-0.2, 0) is 6.54 Å². The van der Waals surface area contributed by atoms with Crippen LogP contribution in [0.3, 0.4) is 0 Å². The number of hydrogen-bond donors (Lipinski definition) is 1. The summed E-state index contributed by atoms with van der Waals surface area (Å²) in [6, 6.07) is 2.02. The van der Waals surface area contributed by atoms with Crippen LogP contribution in [0.15, 0.2) is 24.8 Å². The second-order valence-electron chi connectivity index (χ2n) is 5.16. The van der Waals surface area contributed by atoms with E-state index in [0.717, 1.165) is 31.8 Å². The lowest BCUT2D eigenvalue weighted by Gasteiger charge is -2.07. The van der Waals surface area contributed by atoms with Crippen LogP contribution in [0.2, 0.25) is 0 Å². The largest absolute Gasteiger partial charge is 0.363 e. The van der Waals surface area contributed by atoms with E-state index in [-0.39, 0.29) is 0 Å². The third kappa shape index (κ3) is 2.95. The van der Waals surface area contributed by atoms with Crippen molar-refractivity contribution in [3.05, 3.63) is 39.7 Å². The highest BCUT2D eigenvalue weighted by Gasteiger charge is 2.10. The molecule has 4 aromatic heterocycles. The van der Waals surface area contributed by atoms with Crippen LogP contribution in [0.4, 0.5) is 5.82 Å². The smallest absolute Gasteiger partial charge is 0.164 e. The Kier molecular flexibility index (Phi) is 3.87. The Bertz CT molecular complexity index is 1010. The van der Waals surface area contributed by atoms with Gasteiger partial charge in [-0.15, -0.1) is 21.5 Å². The maximum Gasteiger partial charge on any atom is 0.164 e. The number of pyridine rings is 1. The van der Waals surface area contributed by atoms with E-state index in [1.54, 1.807) is 28.9 Å². The van der Waals surface area contributed by atoms with Gasteiger partial charge in [0.15, 0.2) is 5.65 Å². The van der Waals surface area contributed by atoms with Crippen LogP contribution in [0, 0.1) is 13.8 Å². The monoisotopic (exact) mass is 355 g/mol. The summed E-state index contributed by atoms with van der Waals surface area (Å²) in [5.41, 5.74) is 1.61. The van der Waals surface area contributed by atoms with Gasteiger partial charge in [-0.25, -0.2) is 19.9 Å². The van der Waals surface area contributed by atoms with Crippen LogP contribution in [-0.4, -0.2) is 30.1 Å². The van der Waals surface area contributed by atoms with Crippen molar-refractivity contribution < 1.29 is 0 Å². The zero-order valence-corrected chi connectivity index (χ0v) is 14.6. The summed E-state index contributed by atoms with van der Waals surface area (Å²) in [7, 11) is 0. The van der Waals surface area contributed by atoms with Crippen molar-refractivity contribution in [2.24, 2.45) is 0 Å². The molecule has 1 N–H and O–H groups in total. The van der Waals surface area contributed by atoms with Gasteiger partial charge >= 0.3 is 0 Å². The quantitative estimate of drug-likeness (QED) is 0.601. The van der Waals surface area contributed by atoms with Crippen molar-refractivity contribution in [2.75, 3.05) is 5.32 Å². The van der Waals surface area contributed by atoms with E-state index in [1.165, 1.54) is 11.2 Å². The molecule has 0 saturated carbocycles. The number of rotatable bonds is 4. The predicted molar refractivity (Wildman–Crippen MR) is 95.2 cm³/mol. The van der Waals surface area contributed by atoms with Gasteiger partial charge in [-0.2, -0.15) is 0 Å². The maximum atomic E-state index is 4.44. The van der Waals surface area contributed by atoms with Crippen LogP contribution < -0.4 is 5.32 Å². The summed E-state index contributed by atoms with van der Waals surface area (Å²) in [5, 5.41) is 15.1. The van der Waals surface area contributed by atoms with Gasteiger partial charge in [0.1, 0.15) is 27.2 Å². The first kappa shape index (κ1) is 15.0. The maximum absolute atomic E-state index is 4.44. The first-order chi connectivity index (χ1) is 11.7. The highest BCUT2D eigenvalue weighted by molar-refractivity contribution is 7.15. The molecule has 0 spiro atoms. The van der Waals surface area contributed by atoms with Gasteiger partial charge in [0.25, 0.3) is 0 Å². The van der Waals surface area contributed by atoms with E-state index in [4.69, 9.17) is 0 Å². The molecule has 0 aliphatic rings. The molecule has 4 aromatic rings. The van der Waals surface area contributed by atoms with Crippen LogP contribution >= 0.6 is 22.7 Å². The molecule has 0 aliphatic carbocycles. The fourth-order valence-corrected chi connectivity index (χ4v) is 3.65. The van der Waals surface area contributed by atoms with E-state index in [0.29, 0.717) is 12.2 Å². The average molecular weight is 355 g/mol. The summed E-state index contributed by atoms with van der Waals surface area (Å²) in [6.07, 6.45) is 5.17. The number of thiazole rings is 1. The molecule has 0 radical (unpaired) electrons. The Hall–Kier alpha value is -2.52. The molecule has 24 heavy (non-hydrogen) atoms. The Morgan fingerprint density at radius 2 is 1.92 bits per heavy atom. The molecule has 0 fully saturated rings. The van der Waals surface area contributed by atoms with Gasteiger partial charge in [0.2, 0.25) is 0 Å². The minimum atomic E-state index is 0.568. The van der Waals surface area contributed by atoms with Gasteiger partial charge in [-0.05, 0) is 19.9 Å². The second-order valence-corrected chi connectivity index (χ2v) is 7.66. The van der Waals surface area contributed by atoms with Gasteiger partial charge < -0.3 is 5.32 Å². The van der Waals surface area contributed by atoms with E-state index in [1.807, 2.05) is 26.1 Å². The summed E-state index contributed by atoms with van der Waals surface area (Å²) in [6.45, 7) is 4.54. The zero-order chi connectivity index (χ0) is 16.5. The lowest BCUT2D eigenvalue weighted by Crippen LogP contribution is -2.03. The van der Waals surface area contributed by atoms with Crippen LogP contribution in [0.5, 0.6) is 0 Å². The Morgan fingerprint density at radius 3 is 2.67 bits per heavy atom. The first-order valence-corrected chi connectivity index (χ1v) is 8.89. The number of nitrogens with one attached hydrogen (secondary N) is 1. The fraction of sp³-hybridized carbons (Fsp3) is 0.200. The number of fused-ring (bicyclic) bond motifs is 1. The highest BCUT2D eigenvalue weighted by Crippen LogP contribution is 2.28. The number of aromatic nitrogens is 6. The van der Waals surface area contributed by atoms with Gasteiger partial charge in [0.05, 0.1) is 11.9 Å². The third-order valence-electron chi connectivity index (χ3n) is 3.33. The van der Waals surface area contributed by atoms with Crippen molar-refractivity contribution in [1.82, 2.24) is 30.1 Å². The van der Waals surface area contributed by atoms with Crippen LogP contribution in [0.1, 0.15) is 14.9 Å². The molecule has 0 bridgehead atoms. The molecule has 0 atom stereocenters. The Labute approximate surface area is 145 Å². The van der Waals surface area contributed by atoms with E-state index in [9.17, 15) is 0 Å². The molecule has 7 nitrogen and oxygen atoms in total. The molecular formula is C15H13N7S2. The summed E-state index contributed by atoms with van der Waals surface area (Å²) in [4.78, 5) is 18.6. The molecule has 0 unspecified atom stereocenters. The molecule has 9 heteroatoms. The standard InChI is InChI=1S/C15H13N7S2/c1-8-4-18-15(23-8)10-3-11-13(16-5-10)19-7-20-14(11)17-6-12-22-21-9(2)24-12/h3-5,7H,6H2,1-2H3,(H,16,17,19,20). The summed E-state index contributed by atoms with van der Waals surface area (Å²) >= 11 is 3.20. The van der Waals surface area contributed by atoms with E-state index in [2.05, 4.69) is 35.5 Å². The zero-order valence-electron chi connectivity index (χ0n) is 13.0. The highest BCUT2D eigenvalue weighted by atomic mass is 32.1. The number of hydrogen-bond acceptors (Lipinski definition) is 9. The minimum Gasteiger partial charge on any atom is -0.363 e. The summed E-state index contributed by atoms with van der Waals surface area (Å²) in [5.74, 6) is 0.732. The lowest BCUT2D eigenvalue weighted by atomic mass is 10.2. The van der Waals surface area contributed by atoms with E-state index < -0.39 is 0 Å². The molecule has 0 aromatic carbocycles. The number of anilines is 1. The predicted octanol–water partition coefficient (Wildman–Crippen LogP) is 3.23. The van der Waals surface area contributed by atoms with Crippen molar-refractivity contribution >= 4 is 39.5 Å². The second kappa shape index (κ2) is 6.17. The molecule has 0 amide bonds. The Morgan fingerprint density at radius 1 is 1.00 bits per heavy atom. The van der Waals surface area contributed by atoms with Crippen molar-refractivity contribution in [1.29, 1.82) is 0 Å². The molecule has 0 aliphatic heterocycles. The van der Waals surface area contributed by atoms with Crippen molar-refractivity contribution in [3.8, 4) is 10.6 Å². The first-order valence-electron chi connectivity index (χ1n) is 7.25. The molecule has 120 valence electrons.